The van der Waals surface area contributed by atoms with Crippen LogP contribution in [0.2, 0.25) is 0 Å². The van der Waals surface area contributed by atoms with E-state index in [-0.39, 0.29) is 18.0 Å². The van der Waals surface area contributed by atoms with E-state index in [1.165, 1.54) is 16.6 Å². The van der Waals surface area contributed by atoms with E-state index in [4.69, 9.17) is 9.15 Å². The third-order valence-corrected chi connectivity index (χ3v) is 6.46. The minimum atomic E-state index is -0.639. The Morgan fingerprint density at radius 3 is 2.78 bits per heavy atom. The molecule has 1 atom stereocenters. The zero-order chi connectivity index (χ0) is 24.8. The van der Waals surface area contributed by atoms with Gasteiger partial charge >= 0.3 is 5.97 Å². The molecule has 0 saturated heterocycles. The number of carbonyl (C=O) groups excluding carboxylic acids is 2. The summed E-state index contributed by atoms with van der Waals surface area (Å²) < 4.78 is 12.5. The first-order valence-corrected chi connectivity index (χ1v) is 11.6. The number of furan rings is 1. The van der Waals surface area contributed by atoms with E-state index in [0.29, 0.717) is 29.1 Å². The molecule has 36 heavy (non-hydrogen) atoms. The fourth-order valence-electron chi connectivity index (χ4n) is 4.70. The van der Waals surface area contributed by atoms with Gasteiger partial charge in [0.25, 0.3) is 5.91 Å². The van der Waals surface area contributed by atoms with E-state index in [1.54, 1.807) is 6.92 Å². The van der Waals surface area contributed by atoms with Crippen molar-refractivity contribution in [1.82, 2.24) is 19.7 Å². The van der Waals surface area contributed by atoms with Crippen molar-refractivity contribution in [2.45, 2.75) is 32.4 Å². The van der Waals surface area contributed by atoms with Crippen molar-refractivity contribution in [2.24, 2.45) is 0 Å². The summed E-state index contributed by atoms with van der Waals surface area (Å²) >= 11 is 0. The number of fused-ring (bicyclic) bond motifs is 3. The number of benzene rings is 2. The summed E-state index contributed by atoms with van der Waals surface area (Å²) in [5, 5.41) is 16.7. The topological polar surface area (TPSA) is 110 Å². The fraction of sp³-hybridized carbons (Fsp3) is 0.185. The molecule has 3 aromatic heterocycles. The summed E-state index contributed by atoms with van der Waals surface area (Å²) in [4.78, 5) is 30.1. The first-order valence-electron chi connectivity index (χ1n) is 11.6. The van der Waals surface area contributed by atoms with Gasteiger partial charge in [0, 0.05) is 17.1 Å². The minimum absolute atomic E-state index is 0.0418. The second-order valence-corrected chi connectivity index (χ2v) is 8.81. The molecule has 1 unspecified atom stereocenters. The van der Waals surface area contributed by atoms with Crippen molar-refractivity contribution in [1.29, 1.82) is 0 Å². The van der Waals surface area contributed by atoms with Gasteiger partial charge in [0.2, 0.25) is 0 Å². The Kier molecular flexibility index (Phi) is 5.26. The van der Waals surface area contributed by atoms with Crippen molar-refractivity contribution in [2.75, 3.05) is 0 Å². The lowest BCUT2D eigenvalue weighted by atomic mass is 10.1. The lowest BCUT2D eigenvalue weighted by Crippen LogP contribution is -2.31. The standard InChI is InChI=1S/C27H22N4O5/c1-16-12-21(26(32)31(34)23-11-10-17-6-2-4-8-20(17)23)28-25-14-22(29-30(16)25)27(33)35-15-19-13-18-7-3-5-9-24(18)36-19/h2-9,12-14,23,34H,10-11,15H2,1H3. The summed E-state index contributed by atoms with van der Waals surface area (Å²) in [6, 6.07) is 19.7. The van der Waals surface area contributed by atoms with Gasteiger partial charge in [-0.3, -0.25) is 10.0 Å². The zero-order valence-corrected chi connectivity index (χ0v) is 19.4. The van der Waals surface area contributed by atoms with Gasteiger partial charge in [-0.1, -0.05) is 42.5 Å². The summed E-state index contributed by atoms with van der Waals surface area (Å²) in [6.07, 6.45) is 1.43. The Morgan fingerprint density at radius 1 is 1.11 bits per heavy atom. The molecule has 0 fully saturated rings. The van der Waals surface area contributed by atoms with E-state index in [1.807, 2.05) is 54.6 Å². The highest BCUT2D eigenvalue weighted by molar-refractivity contribution is 5.93. The molecule has 0 bridgehead atoms. The van der Waals surface area contributed by atoms with Crippen LogP contribution in [0.1, 0.15) is 56.0 Å². The molecule has 1 aliphatic rings. The van der Waals surface area contributed by atoms with Gasteiger partial charge in [0.05, 0.1) is 6.04 Å². The summed E-state index contributed by atoms with van der Waals surface area (Å²) in [7, 11) is 0. The van der Waals surface area contributed by atoms with E-state index in [9.17, 15) is 14.8 Å². The number of rotatable bonds is 5. The molecule has 5 aromatic rings. The number of nitrogens with zero attached hydrogens (tertiary/aromatic N) is 4. The van der Waals surface area contributed by atoms with Gasteiger partial charge in [-0.05, 0) is 49.1 Å². The largest absolute Gasteiger partial charge is 0.457 e. The third kappa shape index (κ3) is 3.79. The highest BCUT2D eigenvalue weighted by Gasteiger charge is 2.31. The van der Waals surface area contributed by atoms with Crippen molar-refractivity contribution in [3.05, 3.63) is 101 Å². The Bertz CT molecular complexity index is 1600. The van der Waals surface area contributed by atoms with Gasteiger partial charge in [-0.15, -0.1) is 0 Å². The number of aryl methyl sites for hydroxylation is 2. The van der Waals surface area contributed by atoms with Gasteiger partial charge in [-0.25, -0.2) is 19.4 Å². The number of para-hydroxylation sites is 1. The molecule has 0 saturated carbocycles. The summed E-state index contributed by atoms with van der Waals surface area (Å²) in [5.41, 5.74) is 3.77. The lowest BCUT2D eigenvalue weighted by molar-refractivity contribution is -0.0899. The van der Waals surface area contributed by atoms with Crippen LogP contribution in [0.4, 0.5) is 0 Å². The number of hydrogen-bond donors (Lipinski definition) is 1. The van der Waals surface area contributed by atoms with Crippen LogP contribution >= 0.6 is 0 Å². The Morgan fingerprint density at radius 2 is 1.92 bits per heavy atom. The number of esters is 1. The maximum atomic E-state index is 13.1. The molecule has 0 aliphatic heterocycles. The maximum Gasteiger partial charge on any atom is 0.359 e. The molecule has 9 nitrogen and oxygen atoms in total. The van der Waals surface area contributed by atoms with Crippen molar-refractivity contribution in [3.8, 4) is 0 Å². The van der Waals surface area contributed by atoms with Gasteiger partial charge in [0.1, 0.15) is 23.6 Å². The highest BCUT2D eigenvalue weighted by atomic mass is 16.5. The molecule has 2 aromatic carbocycles. The average Bonchev–Trinajstić information content (AvgIpc) is 3.62. The first kappa shape index (κ1) is 22.0. The SMILES string of the molecule is Cc1cc(C(=O)N(O)C2CCc3ccccc32)nc2cc(C(=O)OCc3cc4ccccc4o3)nn12. The van der Waals surface area contributed by atoms with Gasteiger partial charge in [-0.2, -0.15) is 5.10 Å². The lowest BCUT2D eigenvalue weighted by Gasteiger charge is -2.22. The van der Waals surface area contributed by atoms with Crippen LogP contribution in [-0.4, -0.2) is 36.7 Å². The van der Waals surface area contributed by atoms with Crippen LogP contribution < -0.4 is 0 Å². The quantitative estimate of drug-likeness (QED) is 0.220. The Balaban J connectivity index is 1.21. The number of ether oxygens (including phenoxy) is 1. The molecule has 180 valence electrons. The van der Waals surface area contributed by atoms with Crippen molar-refractivity contribution < 1.29 is 24.0 Å². The second kappa shape index (κ2) is 8.62. The van der Waals surface area contributed by atoms with E-state index < -0.39 is 17.9 Å². The van der Waals surface area contributed by atoms with Crippen LogP contribution in [0.5, 0.6) is 0 Å². The third-order valence-electron chi connectivity index (χ3n) is 6.46. The number of hydrogen-bond acceptors (Lipinski definition) is 7. The van der Waals surface area contributed by atoms with Crippen molar-refractivity contribution in [3.63, 3.8) is 0 Å². The van der Waals surface area contributed by atoms with E-state index >= 15 is 0 Å². The molecule has 0 radical (unpaired) electrons. The smallest absolute Gasteiger partial charge is 0.359 e. The zero-order valence-electron chi connectivity index (χ0n) is 19.4. The first-order chi connectivity index (χ1) is 17.5. The van der Waals surface area contributed by atoms with Crippen LogP contribution in [0.3, 0.4) is 0 Å². The minimum Gasteiger partial charge on any atom is -0.457 e. The van der Waals surface area contributed by atoms with Gasteiger partial charge < -0.3 is 9.15 Å². The molecule has 1 aliphatic carbocycles. The second-order valence-electron chi connectivity index (χ2n) is 8.81. The number of hydroxylamine groups is 2. The molecule has 3 heterocycles. The molecule has 1 amide bonds. The Hall–Kier alpha value is -4.50. The van der Waals surface area contributed by atoms with Crippen LogP contribution in [0.25, 0.3) is 16.6 Å². The Labute approximate surface area is 205 Å². The molecule has 1 N–H and O–H groups in total. The van der Waals surface area contributed by atoms with Gasteiger partial charge in [0.15, 0.2) is 11.3 Å². The molecular formula is C27H22N4O5. The monoisotopic (exact) mass is 482 g/mol. The number of amides is 1. The van der Waals surface area contributed by atoms with E-state index in [0.717, 1.165) is 28.0 Å². The summed E-state index contributed by atoms with van der Waals surface area (Å²) in [5.74, 6) is -0.732. The van der Waals surface area contributed by atoms with Crippen LogP contribution in [0.15, 0.2) is 71.1 Å². The molecule has 6 rings (SSSR count). The average molecular weight is 482 g/mol. The summed E-state index contributed by atoms with van der Waals surface area (Å²) in [6.45, 7) is 1.70. The predicted octanol–water partition coefficient (Wildman–Crippen LogP) is 4.66. The normalized spacial score (nSPS) is 14.8. The van der Waals surface area contributed by atoms with Crippen LogP contribution in [0, 0.1) is 6.92 Å². The molecule has 9 heteroatoms. The van der Waals surface area contributed by atoms with Crippen molar-refractivity contribution >= 4 is 28.5 Å². The molecule has 0 spiro atoms. The predicted molar refractivity (Wildman–Crippen MR) is 129 cm³/mol. The fourth-order valence-corrected chi connectivity index (χ4v) is 4.70. The number of carbonyl (C=O) groups is 2. The van der Waals surface area contributed by atoms with E-state index in [2.05, 4.69) is 10.1 Å². The van der Waals surface area contributed by atoms with Crippen LogP contribution in [-0.2, 0) is 17.8 Å². The number of aromatic nitrogens is 3. The molecular weight excluding hydrogens is 460 g/mol. The highest BCUT2D eigenvalue weighted by Crippen LogP contribution is 2.35. The maximum absolute atomic E-state index is 13.1.